The van der Waals surface area contributed by atoms with Gasteiger partial charge in [0, 0.05) is 6.04 Å². The first kappa shape index (κ1) is 13.6. The minimum Gasteiger partial charge on any atom is -0.319 e. The molecule has 3 heteroatoms. The number of nitrogens with zero attached hydrogens (tertiary/aromatic N) is 1. The minimum absolute atomic E-state index is 0.0629. The zero-order valence-corrected chi connectivity index (χ0v) is 12.6. The molecular formula is C17H24N2O. The SMILES string of the molecule is Cc1ccc(C)c(C2NCC(=O)N2C2CCCC2C)c1. The van der Waals surface area contributed by atoms with Crippen molar-refractivity contribution in [3.63, 3.8) is 0 Å². The predicted molar refractivity (Wildman–Crippen MR) is 80.3 cm³/mol. The summed E-state index contributed by atoms with van der Waals surface area (Å²) >= 11 is 0. The van der Waals surface area contributed by atoms with Gasteiger partial charge < -0.3 is 4.90 Å². The maximum absolute atomic E-state index is 12.4. The number of carbonyl (C=O) groups is 1. The Balaban J connectivity index is 1.95. The van der Waals surface area contributed by atoms with Crippen LogP contribution < -0.4 is 5.32 Å². The first-order valence-electron chi connectivity index (χ1n) is 7.69. The molecule has 0 spiro atoms. The standard InChI is InChI=1S/C17H24N2O/c1-11-7-8-12(2)14(9-11)17-18-10-16(20)19(17)15-6-4-5-13(15)3/h7-9,13,15,17-18H,4-6,10H2,1-3H3. The molecule has 0 radical (unpaired) electrons. The van der Waals surface area contributed by atoms with Crippen LogP contribution >= 0.6 is 0 Å². The molecule has 1 aliphatic heterocycles. The Hall–Kier alpha value is -1.35. The van der Waals surface area contributed by atoms with E-state index in [1.165, 1.54) is 29.5 Å². The van der Waals surface area contributed by atoms with Crippen LogP contribution in [-0.2, 0) is 4.79 Å². The van der Waals surface area contributed by atoms with Gasteiger partial charge in [0.2, 0.25) is 5.91 Å². The molecule has 1 heterocycles. The molecule has 108 valence electrons. The van der Waals surface area contributed by atoms with Crippen molar-refractivity contribution in [3.8, 4) is 0 Å². The summed E-state index contributed by atoms with van der Waals surface area (Å²) in [7, 11) is 0. The molecule has 1 aromatic rings. The molecule has 3 nitrogen and oxygen atoms in total. The van der Waals surface area contributed by atoms with Crippen molar-refractivity contribution >= 4 is 5.91 Å². The fourth-order valence-electron chi connectivity index (χ4n) is 3.75. The Morgan fingerprint density at radius 2 is 2.05 bits per heavy atom. The van der Waals surface area contributed by atoms with Gasteiger partial charge in [0.15, 0.2) is 0 Å². The van der Waals surface area contributed by atoms with Crippen LogP contribution in [0.5, 0.6) is 0 Å². The van der Waals surface area contributed by atoms with Crippen molar-refractivity contribution in [1.29, 1.82) is 0 Å². The van der Waals surface area contributed by atoms with Crippen LogP contribution in [0.1, 0.15) is 49.0 Å². The first-order chi connectivity index (χ1) is 9.58. The van der Waals surface area contributed by atoms with Gasteiger partial charge in [-0.3, -0.25) is 10.1 Å². The molecule has 1 aromatic carbocycles. The number of hydrogen-bond acceptors (Lipinski definition) is 2. The second kappa shape index (κ2) is 5.21. The molecule has 3 atom stereocenters. The maximum atomic E-state index is 12.4. The van der Waals surface area contributed by atoms with Gasteiger partial charge in [-0.2, -0.15) is 0 Å². The molecular weight excluding hydrogens is 248 g/mol. The zero-order valence-electron chi connectivity index (χ0n) is 12.6. The molecule has 1 amide bonds. The molecule has 1 saturated carbocycles. The van der Waals surface area contributed by atoms with Gasteiger partial charge in [0.05, 0.1) is 6.54 Å². The molecule has 2 fully saturated rings. The third-order valence-electron chi connectivity index (χ3n) is 4.92. The lowest BCUT2D eigenvalue weighted by Gasteiger charge is -2.34. The molecule has 1 aliphatic carbocycles. The van der Waals surface area contributed by atoms with Gasteiger partial charge in [-0.1, -0.05) is 37.1 Å². The lowest BCUT2D eigenvalue weighted by atomic mass is 9.99. The summed E-state index contributed by atoms with van der Waals surface area (Å²) < 4.78 is 0. The Kier molecular flexibility index (Phi) is 3.55. The highest BCUT2D eigenvalue weighted by atomic mass is 16.2. The Bertz CT molecular complexity index is 526. The lowest BCUT2D eigenvalue weighted by Crippen LogP contribution is -2.41. The van der Waals surface area contributed by atoms with E-state index in [-0.39, 0.29) is 12.1 Å². The zero-order chi connectivity index (χ0) is 14.3. The average Bonchev–Trinajstić information content (AvgIpc) is 2.98. The highest BCUT2D eigenvalue weighted by molar-refractivity contribution is 5.81. The van der Waals surface area contributed by atoms with E-state index in [1.54, 1.807) is 0 Å². The molecule has 2 aliphatic rings. The summed E-state index contributed by atoms with van der Waals surface area (Å²) in [5, 5.41) is 3.41. The summed E-state index contributed by atoms with van der Waals surface area (Å²) in [5.41, 5.74) is 3.78. The highest BCUT2D eigenvalue weighted by Crippen LogP contribution is 2.36. The molecule has 0 bridgehead atoms. The number of amides is 1. The monoisotopic (exact) mass is 272 g/mol. The summed E-state index contributed by atoms with van der Waals surface area (Å²) in [6, 6.07) is 6.92. The van der Waals surface area contributed by atoms with Gasteiger partial charge in [-0.05, 0) is 43.7 Å². The normalized spacial score (nSPS) is 30.2. The molecule has 1 saturated heterocycles. The molecule has 20 heavy (non-hydrogen) atoms. The van der Waals surface area contributed by atoms with Gasteiger partial charge >= 0.3 is 0 Å². The second-order valence-corrected chi connectivity index (χ2v) is 6.42. The van der Waals surface area contributed by atoms with Crippen molar-refractivity contribution in [2.24, 2.45) is 5.92 Å². The summed E-state index contributed by atoms with van der Waals surface area (Å²) in [6.07, 6.45) is 3.70. The Labute approximate surface area is 121 Å². The number of aryl methyl sites for hydroxylation is 2. The number of benzene rings is 1. The van der Waals surface area contributed by atoms with Crippen LogP contribution in [-0.4, -0.2) is 23.4 Å². The summed E-state index contributed by atoms with van der Waals surface area (Å²) in [5.74, 6) is 0.876. The first-order valence-corrected chi connectivity index (χ1v) is 7.69. The van der Waals surface area contributed by atoms with Gasteiger partial charge in [-0.15, -0.1) is 0 Å². The van der Waals surface area contributed by atoms with Crippen molar-refractivity contribution in [1.82, 2.24) is 10.2 Å². The number of carbonyl (C=O) groups excluding carboxylic acids is 1. The third-order valence-corrected chi connectivity index (χ3v) is 4.92. The van der Waals surface area contributed by atoms with Crippen LogP contribution in [0.4, 0.5) is 0 Å². The van der Waals surface area contributed by atoms with Crippen molar-refractivity contribution in [2.45, 2.75) is 52.2 Å². The van der Waals surface area contributed by atoms with E-state index in [1.807, 2.05) is 0 Å². The smallest absolute Gasteiger partial charge is 0.238 e. The summed E-state index contributed by atoms with van der Waals surface area (Å²) in [4.78, 5) is 14.5. The third kappa shape index (κ3) is 2.24. The maximum Gasteiger partial charge on any atom is 0.238 e. The topological polar surface area (TPSA) is 32.3 Å². The largest absolute Gasteiger partial charge is 0.319 e. The van der Waals surface area contributed by atoms with E-state index in [9.17, 15) is 4.79 Å². The quantitative estimate of drug-likeness (QED) is 0.898. The van der Waals surface area contributed by atoms with Crippen LogP contribution in [0.25, 0.3) is 0 Å². The number of rotatable bonds is 2. The Morgan fingerprint density at radius 1 is 1.25 bits per heavy atom. The highest BCUT2D eigenvalue weighted by Gasteiger charge is 2.40. The molecule has 0 aromatic heterocycles. The average molecular weight is 272 g/mol. The van der Waals surface area contributed by atoms with Crippen LogP contribution in [0.2, 0.25) is 0 Å². The van der Waals surface area contributed by atoms with E-state index in [4.69, 9.17) is 0 Å². The Morgan fingerprint density at radius 3 is 2.75 bits per heavy atom. The lowest BCUT2D eigenvalue weighted by molar-refractivity contribution is -0.131. The molecule has 1 N–H and O–H groups in total. The molecule has 3 unspecified atom stereocenters. The van der Waals surface area contributed by atoms with Crippen molar-refractivity contribution in [2.75, 3.05) is 6.54 Å². The van der Waals surface area contributed by atoms with E-state index < -0.39 is 0 Å². The second-order valence-electron chi connectivity index (χ2n) is 6.42. The van der Waals surface area contributed by atoms with E-state index in [0.29, 0.717) is 18.5 Å². The molecule has 3 rings (SSSR count). The van der Waals surface area contributed by atoms with Crippen molar-refractivity contribution < 1.29 is 4.79 Å². The van der Waals surface area contributed by atoms with E-state index in [2.05, 4.69) is 49.2 Å². The van der Waals surface area contributed by atoms with Crippen molar-refractivity contribution in [3.05, 3.63) is 34.9 Å². The van der Waals surface area contributed by atoms with E-state index >= 15 is 0 Å². The van der Waals surface area contributed by atoms with E-state index in [0.717, 1.165) is 6.42 Å². The van der Waals surface area contributed by atoms with Crippen LogP contribution in [0.3, 0.4) is 0 Å². The number of hydrogen-bond donors (Lipinski definition) is 1. The minimum atomic E-state index is 0.0629. The van der Waals surface area contributed by atoms with Gasteiger partial charge in [-0.25, -0.2) is 0 Å². The number of nitrogens with one attached hydrogen (secondary N) is 1. The van der Waals surface area contributed by atoms with Crippen LogP contribution in [0, 0.1) is 19.8 Å². The fourth-order valence-corrected chi connectivity index (χ4v) is 3.75. The van der Waals surface area contributed by atoms with Gasteiger partial charge in [0.1, 0.15) is 6.17 Å². The summed E-state index contributed by atoms with van der Waals surface area (Å²) in [6.45, 7) is 7.00. The fraction of sp³-hybridized carbons (Fsp3) is 0.588. The predicted octanol–water partition coefficient (Wildman–Crippen LogP) is 2.92. The van der Waals surface area contributed by atoms with Crippen LogP contribution in [0.15, 0.2) is 18.2 Å². The van der Waals surface area contributed by atoms with Gasteiger partial charge in [0.25, 0.3) is 0 Å².